The summed E-state index contributed by atoms with van der Waals surface area (Å²) in [6.07, 6.45) is 2.65. The number of hydrogen-bond acceptors (Lipinski definition) is 5. The van der Waals surface area contributed by atoms with Crippen molar-refractivity contribution in [1.29, 1.82) is 0 Å². The fourth-order valence-electron chi connectivity index (χ4n) is 3.49. The van der Waals surface area contributed by atoms with Crippen LogP contribution < -0.4 is 4.72 Å². The number of rotatable bonds is 4. The molecular weight excluding hydrogens is 387 g/mol. The van der Waals surface area contributed by atoms with Gasteiger partial charge in [0.2, 0.25) is 10.0 Å². The number of likely N-dealkylation sites (N-methyl/N-ethyl adjacent to an activating group) is 1. The van der Waals surface area contributed by atoms with E-state index in [9.17, 15) is 22.4 Å². The fraction of sp³-hybridized carbons (Fsp3) is 0.500. The van der Waals surface area contributed by atoms with E-state index in [1.807, 2.05) is 4.90 Å². The van der Waals surface area contributed by atoms with Crippen molar-refractivity contribution in [1.82, 2.24) is 14.5 Å². The Kier molecular flexibility index (Phi) is 5.64. The molecule has 1 aromatic carbocycles. The minimum Gasteiger partial charge on any atom is -0.284 e. The van der Waals surface area contributed by atoms with Gasteiger partial charge in [0.1, 0.15) is 12.0 Å². The number of nitrogens with zero attached hydrogens (tertiary/aromatic N) is 3. The molecule has 3 amide bonds. The monoisotopic (exact) mass is 411 g/mol. The number of halogens is 1. The number of urea groups is 1. The highest BCUT2D eigenvalue weighted by Gasteiger charge is 2.42. The molecule has 2 aliphatic heterocycles. The van der Waals surface area contributed by atoms with Crippen LogP contribution in [0.15, 0.2) is 23.1 Å². The first-order valence-electron chi connectivity index (χ1n) is 9.02. The zero-order valence-corrected chi connectivity index (χ0v) is 16.9. The summed E-state index contributed by atoms with van der Waals surface area (Å²) in [5.74, 6) is -0.738. The van der Waals surface area contributed by atoms with Gasteiger partial charge in [0, 0.05) is 19.1 Å². The maximum absolute atomic E-state index is 13.4. The second-order valence-electron chi connectivity index (χ2n) is 7.23. The van der Waals surface area contributed by atoms with Crippen molar-refractivity contribution in [2.75, 3.05) is 27.2 Å². The number of nitrogens with one attached hydrogen (secondary N) is 1. The summed E-state index contributed by atoms with van der Waals surface area (Å²) < 4.78 is 42.6. The minimum absolute atomic E-state index is 0.0337. The molecule has 1 N–H and O–H groups in total. The Bertz CT molecular complexity index is 939. The van der Waals surface area contributed by atoms with Gasteiger partial charge in [0.05, 0.1) is 19.0 Å². The molecular formula is C18H24FN4O4S+. The van der Waals surface area contributed by atoms with Gasteiger partial charge in [-0.1, -0.05) is 0 Å². The second-order valence-corrected chi connectivity index (χ2v) is 8.94. The Morgan fingerprint density at radius 2 is 1.86 bits per heavy atom. The third-order valence-electron chi connectivity index (χ3n) is 5.22. The molecule has 2 aliphatic rings. The zero-order chi connectivity index (χ0) is 20.6. The molecule has 152 valence electrons. The van der Waals surface area contributed by atoms with Crippen molar-refractivity contribution in [3.63, 3.8) is 0 Å². The molecule has 1 atom stereocenters. The molecule has 0 saturated carbocycles. The van der Waals surface area contributed by atoms with Gasteiger partial charge in [0.15, 0.2) is 6.04 Å². The van der Waals surface area contributed by atoms with E-state index in [2.05, 4.69) is 4.72 Å². The molecule has 0 radical (unpaired) electrons. The lowest BCUT2D eigenvalue weighted by Crippen LogP contribution is -2.59. The molecule has 0 aliphatic carbocycles. The third-order valence-corrected chi connectivity index (χ3v) is 6.74. The van der Waals surface area contributed by atoms with E-state index < -0.39 is 21.9 Å². The van der Waals surface area contributed by atoms with E-state index >= 15 is 0 Å². The molecule has 1 fully saturated rings. The van der Waals surface area contributed by atoms with Crippen LogP contribution in [0.3, 0.4) is 0 Å². The largest absolute Gasteiger partial charge is 0.500 e. The Labute approximate surface area is 163 Å². The van der Waals surface area contributed by atoms with Crippen molar-refractivity contribution in [2.45, 2.75) is 36.7 Å². The average molecular weight is 411 g/mol. The smallest absolute Gasteiger partial charge is 0.284 e. The number of benzene rings is 1. The Morgan fingerprint density at radius 3 is 2.46 bits per heavy atom. The van der Waals surface area contributed by atoms with Crippen molar-refractivity contribution < 1.29 is 27.0 Å². The van der Waals surface area contributed by atoms with Crippen molar-refractivity contribution in [3.05, 3.63) is 29.6 Å². The molecule has 0 bridgehead atoms. The van der Waals surface area contributed by atoms with E-state index in [0.717, 1.165) is 11.0 Å². The van der Waals surface area contributed by atoms with Crippen molar-refractivity contribution in [2.24, 2.45) is 0 Å². The highest BCUT2D eigenvalue weighted by atomic mass is 32.2. The van der Waals surface area contributed by atoms with Gasteiger partial charge in [-0.05, 0) is 43.5 Å². The number of hydrogen-bond donors (Lipinski definition) is 1. The van der Waals surface area contributed by atoms with Gasteiger partial charge in [-0.25, -0.2) is 26.9 Å². The average Bonchev–Trinajstić information content (AvgIpc) is 2.65. The summed E-state index contributed by atoms with van der Waals surface area (Å²) >= 11 is 0. The molecule has 1 unspecified atom stereocenters. The number of piperidine rings is 1. The van der Waals surface area contributed by atoms with Gasteiger partial charge >= 0.3 is 11.9 Å². The normalized spacial score (nSPS) is 22.5. The first kappa shape index (κ1) is 20.6. The predicted molar refractivity (Wildman–Crippen MR) is 100 cm³/mol. The highest BCUT2D eigenvalue weighted by molar-refractivity contribution is 7.89. The van der Waals surface area contributed by atoms with E-state index in [-0.39, 0.29) is 28.4 Å². The maximum atomic E-state index is 13.4. The number of likely N-dealkylation sites (tertiary alicyclic amines) is 1. The number of carbonyl (C=O) groups excluding carboxylic acids is 2. The lowest BCUT2D eigenvalue weighted by Gasteiger charge is -2.36. The van der Waals surface area contributed by atoms with E-state index in [1.54, 1.807) is 13.3 Å². The van der Waals surface area contributed by atoms with Gasteiger partial charge in [-0.15, -0.1) is 0 Å². The van der Waals surface area contributed by atoms with Crippen molar-refractivity contribution in [3.8, 4) is 0 Å². The first-order valence-corrected chi connectivity index (χ1v) is 10.5. The van der Waals surface area contributed by atoms with Crippen LogP contribution in [0.2, 0.25) is 0 Å². The van der Waals surface area contributed by atoms with Crippen LogP contribution in [0.1, 0.15) is 18.4 Å². The highest BCUT2D eigenvalue weighted by Crippen LogP contribution is 2.19. The predicted octanol–water partition coefficient (Wildman–Crippen LogP) is 0.551. The maximum Gasteiger partial charge on any atom is 0.500 e. The van der Waals surface area contributed by atoms with E-state index in [4.69, 9.17) is 0 Å². The van der Waals surface area contributed by atoms with Gasteiger partial charge in [0.25, 0.3) is 0 Å². The molecule has 3 rings (SSSR count). The molecule has 2 heterocycles. The van der Waals surface area contributed by atoms with Crippen LogP contribution >= 0.6 is 0 Å². The lowest BCUT2D eigenvalue weighted by atomic mass is 10.0. The van der Waals surface area contributed by atoms with E-state index in [0.29, 0.717) is 25.9 Å². The van der Waals surface area contributed by atoms with Crippen LogP contribution in [0.4, 0.5) is 9.18 Å². The number of amides is 3. The van der Waals surface area contributed by atoms with Crippen LogP contribution in [0.5, 0.6) is 0 Å². The molecule has 1 saturated heterocycles. The molecule has 0 aromatic heterocycles. The second kappa shape index (κ2) is 7.69. The van der Waals surface area contributed by atoms with Crippen LogP contribution in [-0.2, 0) is 14.8 Å². The third kappa shape index (κ3) is 3.98. The summed E-state index contributed by atoms with van der Waals surface area (Å²) in [6.45, 7) is 2.54. The van der Waals surface area contributed by atoms with Crippen LogP contribution in [0.25, 0.3) is 0 Å². The van der Waals surface area contributed by atoms with Crippen LogP contribution in [0, 0.1) is 12.7 Å². The SMILES string of the molecule is Cc1cc(S(=O)(=O)NC2CCN(C3C=[N+](C)C(=O)N(C)C3=O)CC2)ccc1F. The quantitative estimate of drug-likeness (QED) is 0.731. The standard InChI is InChI=1S/C18H24FN4O4S/c1-12-10-14(4-5-15(12)19)28(26,27)20-13-6-8-23(9-7-13)16-11-21(2)18(25)22(3)17(16)24/h4-5,10-11,13,16,20H,6-9H2,1-3H3/q+1. The van der Waals surface area contributed by atoms with Gasteiger partial charge in [-0.2, -0.15) is 9.69 Å². The number of carbonyl (C=O) groups is 2. The summed E-state index contributed by atoms with van der Waals surface area (Å²) in [4.78, 5) is 27.3. The number of sulfonamides is 1. The summed E-state index contributed by atoms with van der Waals surface area (Å²) in [5.41, 5.74) is 0.270. The molecule has 10 heteroatoms. The molecule has 8 nitrogen and oxygen atoms in total. The van der Waals surface area contributed by atoms with E-state index in [1.165, 1.54) is 30.7 Å². The minimum atomic E-state index is -3.75. The van der Waals surface area contributed by atoms with Gasteiger partial charge < -0.3 is 0 Å². The molecule has 0 spiro atoms. The topological polar surface area (TPSA) is 89.8 Å². The van der Waals surface area contributed by atoms with Gasteiger partial charge in [-0.3, -0.25) is 4.90 Å². The Balaban J connectivity index is 1.65. The summed E-state index contributed by atoms with van der Waals surface area (Å²) in [6, 6.07) is 2.51. The molecule has 1 aromatic rings. The number of aryl methyl sites for hydroxylation is 1. The summed E-state index contributed by atoms with van der Waals surface area (Å²) in [5, 5.41) is 0. The van der Waals surface area contributed by atoms with Crippen LogP contribution in [-0.4, -0.2) is 80.2 Å². The zero-order valence-electron chi connectivity index (χ0n) is 16.1. The fourth-order valence-corrected chi connectivity index (χ4v) is 4.88. The lowest BCUT2D eigenvalue weighted by molar-refractivity contribution is -0.401. The molecule has 28 heavy (non-hydrogen) atoms. The Morgan fingerprint density at radius 1 is 1.21 bits per heavy atom. The van der Waals surface area contributed by atoms with Crippen molar-refractivity contribution >= 4 is 28.2 Å². The summed E-state index contributed by atoms with van der Waals surface area (Å²) in [7, 11) is -0.696. The Hall–Kier alpha value is -2.17. The first-order chi connectivity index (χ1) is 13.1. The number of imide groups is 1.